The van der Waals surface area contributed by atoms with Gasteiger partial charge in [-0.05, 0) is 6.92 Å². The van der Waals surface area contributed by atoms with Crippen molar-refractivity contribution in [3.05, 3.63) is 31.4 Å². The van der Waals surface area contributed by atoms with Gasteiger partial charge in [-0.3, -0.25) is 4.57 Å². The first-order chi connectivity index (χ1) is 5.74. The van der Waals surface area contributed by atoms with Crippen LogP contribution < -0.4 is 5.32 Å². The van der Waals surface area contributed by atoms with Crippen molar-refractivity contribution in [2.45, 2.75) is 13.0 Å². The molecule has 0 saturated carbocycles. The molecule has 4 nitrogen and oxygen atoms in total. The summed E-state index contributed by atoms with van der Waals surface area (Å²) in [7, 11) is 0. The first kappa shape index (κ1) is 8.52. The monoisotopic (exact) mass is 165 g/mol. The van der Waals surface area contributed by atoms with Crippen LogP contribution in [-0.4, -0.2) is 21.6 Å². The lowest BCUT2D eigenvalue weighted by Gasteiger charge is -2.08. The molecule has 1 heterocycles. The van der Waals surface area contributed by atoms with Crippen molar-refractivity contribution in [1.82, 2.24) is 14.9 Å². The van der Waals surface area contributed by atoms with Crippen LogP contribution in [0.1, 0.15) is 6.92 Å². The molecule has 0 radical (unpaired) electrons. The molecule has 1 amide bonds. The fraction of sp³-hybridized carbons (Fsp3) is 0.250. The molecule has 64 valence electrons. The Hall–Kier alpha value is -1.58. The molecule has 0 aromatic carbocycles. The molecule has 1 atom stereocenters. The SMILES string of the molecule is C=CC(C)NC(=O)n1ccnc1. The highest BCUT2D eigenvalue weighted by atomic mass is 16.2. The van der Waals surface area contributed by atoms with E-state index in [1.54, 1.807) is 18.5 Å². The zero-order chi connectivity index (χ0) is 8.97. The summed E-state index contributed by atoms with van der Waals surface area (Å²) in [5.74, 6) is 0. The summed E-state index contributed by atoms with van der Waals surface area (Å²) in [6.07, 6.45) is 6.25. The Morgan fingerprint density at radius 2 is 2.58 bits per heavy atom. The second-order valence-corrected chi connectivity index (χ2v) is 2.44. The molecule has 12 heavy (non-hydrogen) atoms. The van der Waals surface area contributed by atoms with Crippen LogP contribution in [0.2, 0.25) is 0 Å². The number of nitrogens with zero attached hydrogens (tertiary/aromatic N) is 2. The highest BCUT2D eigenvalue weighted by Crippen LogP contribution is 1.87. The molecular weight excluding hydrogens is 154 g/mol. The lowest BCUT2D eigenvalue weighted by Crippen LogP contribution is -2.33. The number of nitrogens with one attached hydrogen (secondary N) is 1. The van der Waals surface area contributed by atoms with Gasteiger partial charge < -0.3 is 5.32 Å². The van der Waals surface area contributed by atoms with Gasteiger partial charge >= 0.3 is 6.03 Å². The quantitative estimate of drug-likeness (QED) is 0.665. The molecule has 0 aliphatic rings. The maximum Gasteiger partial charge on any atom is 0.327 e. The third-order valence-corrected chi connectivity index (χ3v) is 1.44. The number of rotatable bonds is 2. The zero-order valence-electron chi connectivity index (χ0n) is 6.90. The van der Waals surface area contributed by atoms with Crippen molar-refractivity contribution in [3.63, 3.8) is 0 Å². The molecule has 1 aromatic heterocycles. The molecule has 1 rings (SSSR count). The molecule has 0 saturated heterocycles. The summed E-state index contributed by atoms with van der Waals surface area (Å²) in [4.78, 5) is 15.0. The number of carbonyl (C=O) groups excluding carboxylic acids is 1. The van der Waals surface area contributed by atoms with E-state index in [0.29, 0.717) is 0 Å². The van der Waals surface area contributed by atoms with Crippen LogP contribution in [0.3, 0.4) is 0 Å². The van der Waals surface area contributed by atoms with Crippen molar-refractivity contribution < 1.29 is 4.79 Å². The summed E-state index contributed by atoms with van der Waals surface area (Å²) < 4.78 is 1.38. The molecule has 4 heteroatoms. The lowest BCUT2D eigenvalue weighted by atomic mass is 10.3. The Morgan fingerprint density at radius 1 is 1.83 bits per heavy atom. The van der Waals surface area contributed by atoms with E-state index in [1.165, 1.54) is 10.9 Å². The molecular formula is C8H11N3O. The average molecular weight is 165 g/mol. The normalized spacial score (nSPS) is 12.1. The third kappa shape index (κ3) is 1.95. The van der Waals surface area contributed by atoms with Gasteiger partial charge in [0.25, 0.3) is 0 Å². The van der Waals surface area contributed by atoms with Crippen LogP contribution in [0.25, 0.3) is 0 Å². The van der Waals surface area contributed by atoms with Gasteiger partial charge in [-0.1, -0.05) is 6.08 Å². The van der Waals surface area contributed by atoms with E-state index >= 15 is 0 Å². The Bertz CT molecular complexity index is 266. The van der Waals surface area contributed by atoms with Gasteiger partial charge in [0, 0.05) is 18.4 Å². The van der Waals surface area contributed by atoms with Crippen LogP contribution in [0.5, 0.6) is 0 Å². The predicted molar refractivity (Wildman–Crippen MR) is 45.8 cm³/mol. The van der Waals surface area contributed by atoms with E-state index in [2.05, 4.69) is 16.9 Å². The molecule has 1 unspecified atom stereocenters. The first-order valence-electron chi connectivity index (χ1n) is 3.65. The van der Waals surface area contributed by atoms with Crippen molar-refractivity contribution in [2.24, 2.45) is 0 Å². The van der Waals surface area contributed by atoms with E-state index in [4.69, 9.17) is 0 Å². The van der Waals surface area contributed by atoms with E-state index in [-0.39, 0.29) is 12.1 Å². The third-order valence-electron chi connectivity index (χ3n) is 1.44. The first-order valence-corrected chi connectivity index (χ1v) is 3.65. The highest BCUT2D eigenvalue weighted by Gasteiger charge is 2.04. The highest BCUT2D eigenvalue weighted by molar-refractivity contribution is 5.76. The van der Waals surface area contributed by atoms with Crippen molar-refractivity contribution in [2.75, 3.05) is 0 Å². The summed E-state index contributed by atoms with van der Waals surface area (Å²) in [5.41, 5.74) is 0. The summed E-state index contributed by atoms with van der Waals surface area (Å²) in [5, 5.41) is 2.70. The fourth-order valence-electron chi connectivity index (χ4n) is 0.707. The summed E-state index contributed by atoms with van der Waals surface area (Å²) in [6, 6.07) is -0.222. The van der Waals surface area contributed by atoms with E-state index < -0.39 is 0 Å². The smallest absolute Gasteiger partial charge is 0.327 e. The van der Waals surface area contributed by atoms with Crippen molar-refractivity contribution in [3.8, 4) is 0 Å². The molecule has 0 bridgehead atoms. The predicted octanol–water partition coefficient (Wildman–Crippen LogP) is 1.02. The Labute approximate surface area is 70.9 Å². The van der Waals surface area contributed by atoms with Crippen LogP contribution in [0, 0.1) is 0 Å². The molecule has 0 fully saturated rings. The topological polar surface area (TPSA) is 46.9 Å². The van der Waals surface area contributed by atoms with Gasteiger partial charge in [0.1, 0.15) is 6.33 Å². The molecule has 1 aromatic rings. The van der Waals surface area contributed by atoms with Gasteiger partial charge in [0.15, 0.2) is 0 Å². The number of hydrogen-bond acceptors (Lipinski definition) is 2. The minimum absolute atomic E-state index is 0.0279. The maximum atomic E-state index is 11.2. The maximum absolute atomic E-state index is 11.2. The standard InChI is InChI=1S/C8H11N3O/c1-3-7(2)10-8(12)11-5-4-9-6-11/h3-7H,1H2,2H3,(H,10,12). The van der Waals surface area contributed by atoms with Gasteiger partial charge in [0.05, 0.1) is 0 Å². The van der Waals surface area contributed by atoms with Gasteiger partial charge in [-0.25, -0.2) is 9.78 Å². The van der Waals surface area contributed by atoms with Gasteiger partial charge in [-0.2, -0.15) is 0 Å². The van der Waals surface area contributed by atoms with Gasteiger partial charge in [0.2, 0.25) is 0 Å². The molecule has 0 aliphatic heterocycles. The minimum Gasteiger partial charge on any atom is -0.331 e. The molecule has 0 spiro atoms. The number of carbonyl (C=O) groups is 1. The Balaban J connectivity index is 2.55. The molecule has 1 N–H and O–H groups in total. The van der Waals surface area contributed by atoms with Crippen molar-refractivity contribution >= 4 is 6.03 Å². The van der Waals surface area contributed by atoms with Crippen LogP contribution in [0.15, 0.2) is 31.4 Å². The second kappa shape index (κ2) is 3.71. The number of imidazole rings is 1. The number of hydrogen-bond donors (Lipinski definition) is 1. The molecule has 0 aliphatic carbocycles. The minimum atomic E-state index is -0.195. The largest absolute Gasteiger partial charge is 0.331 e. The zero-order valence-corrected chi connectivity index (χ0v) is 6.90. The van der Waals surface area contributed by atoms with Gasteiger partial charge in [-0.15, -0.1) is 6.58 Å². The van der Waals surface area contributed by atoms with Crippen LogP contribution >= 0.6 is 0 Å². The van der Waals surface area contributed by atoms with Crippen LogP contribution in [-0.2, 0) is 0 Å². The Morgan fingerprint density at radius 3 is 3.08 bits per heavy atom. The second-order valence-electron chi connectivity index (χ2n) is 2.44. The Kier molecular flexibility index (Phi) is 2.63. The van der Waals surface area contributed by atoms with E-state index in [9.17, 15) is 4.79 Å². The fourth-order valence-corrected chi connectivity index (χ4v) is 0.707. The van der Waals surface area contributed by atoms with Crippen LogP contribution in [0.4, 0.5) is 4.79 Å². The van der Waals surface area contributed by atoms with E-state index in [1.807, 2.05) is 6.92 Å². The summed E-state index contributed by atoms with van der Waals surface area (Å²) in [6.45, 7) is 5.40. The lowest BCUT2D eigenvalue weighted by molar-refractivity contribution is 0.241. The van der Waals surface area contributed by atoms with Crippen molar-refractivity contribution in [1.29, 1.82) is 0 Å². The number of aromatic nitrogens is 2. The number of amides is 1. The summed E-state index contributed by atoms with van der Waals surface area (Å²) >= 11 is 0. The van der Waals surface area contributed by atoms with E-state index in [0.717, 1.165) is 0 Å². The average Bonchev–Trinajstić information content (AvgIpc) is 2.56.